The van der Waals surface area contributed by atoms with Gasteiger partial charge in [0.1, 0.15) is 5.82 Å². The maximum Gasteiger partial charge on any atom is 0.123 e. The first-order valence-electron chi connectivity index (χ1n) is 6.25. The van der Waals surface area contributed by atoms with E-state index in [1.807, 2.05) is 6.92 Å². The van der Waals surface area contributed by atoms with Crippen LogP contribution in [0.5, 0.6) is 0 Å². The van der Waals surface area contributed by atoms with Gasteiger partial charge in [-0.3, -0.25) is 0 Å². The molecule has 1 N–H and O–H groups in total. The Kier molecular flexibility index (Phi) is 5.59. The van der Waals surface area contributed by atoms with Crippen molar-refractivity contribution in [1.82, 2.24) is 4.90 Å². The summed E-state index contributed by atoms with van der Waals surface area (Å²) in [4.78, 5) is 2.25. The van der Waals surface area contributed by atoms with Gasteiger partial charge in [0.05, 0.1) is 6.10 Å². The normalized spacial score (nSPS) is 13.1. The molecule has 1 atom stereocenters. The van der Waals surface area contributed by atoms with Crippen molar-refractivity contribution in [3.8, 4) is 0 Å². The highest BCUT2D eigenvalue weighted by Gasteiger charge is 2.12. The molecule has 0 amide bonds. The van der Waals surface area contributed by atoms with Gasteiger partial charge < -0.3 is 10.0 Å². The third-order valence-corrected chi connectivity index (χ3v) is 3.21. The van der Waals surface area contributed by atoms with Crippen molar-refractivity contribution in [2.75, 3.05) is 19.6 Å². The standard InChI is InChI=1S/C14H22FNO/c1-4-16(5-2)9-8-14(17)13-10-12(15)7-6-11(13)3/h6-7,10,14,17H,4-5,8-9H2,1-3H3. The Balaban J connectivity index is 2.63. The molecule has 3 heteroatoms. The Hall–Kier alpha value is -0.930. The van der Waals surface area contributed by atoms with Crippen LogP contribution in [0.2, 0.25) is 0 Å². The lowest BCUT2D eigenvalue weighted by atomic mass is 10.0. The van der Waals surface area contributed by atoms with Gasteiger partial charge in [0.15, 0.2) is 0 Å². The van der Waals surface area contributed by atoms with Gasteiger partial charge in [-0.2, -0.15) is 0 Å². The van der Waals surface area contributed by atoms with Gasteiger partial charge in [-0.1, -0.05) is 19.9 Å². The van der Waals surface area contributed by atoms with Crippen LogP contribution in [0.15, 0.2) is 18.2 Å². The fourth-order valence-corrected chi connectivity index (χ4v) is 1.97. The zero-order chi connectivity index (χ0) is 12.8. The van der Waals surface area contributed by atoms with E-state index in [1.54, 1.807) is 6.07 Å². The molecule has 0 radical (unpaired) electrons. The third kappa shape index (κ3) is 4.10. The lowest BCUT2D eigenvalue weighted by Gasteiger charge is -2.21. The number of hydrogen-bond acceptors (Lipinski definition) is 2. The molecular formula is C14H22FNO. The van der Waals surface area contributed by atoms with Crippen LogP contribution < -0.4 is 0 Å². The highest BCUT2D eigenvalue weighted by Crippen LogP contribution is 2.21. The van der Waals surface area contributed by atoms with Crippen LogP contribution in [0.3, 0.4) is 0 Å². The number of nitrogens with zero attached hydrogens (tertiary/aromatic N) is 1. The van der Waals surface area contributed by atoms with E-state index in [1.165, 1.54) is 12.1 Å². The molecule has 0 aliphatic carbocycles. The highest BCUT2D eigenvalue weighted by molar-refractivity contribution is 5.28. The van der Waals surface area contributed by atoms with Crippen molar-refractivity contribution < 1.29 is 9.50 Å². The van der Waals surface area contributed by atoms with Crippen LogP contribution in [0.1, 0.15) is 37.5 Å². The lowest BCUT2D eigenvalue weighted by Crippen LogP contribution is -2.25. The van der Waals surface area contributed by atoms with Crippen molar-refractivity contribution in [3.05, 3.63) is 35.1 Å². The Morgan fingerprint density at radius 2 is 1.94 bits per heavy atom. The van der Waals surface area contributed by atoms with Crippen LogP contribution in [0.4, 0.5) is 4.39 Å². The lowest BCUT2D eigenvalue weighted by molar-refractivity contribution is 0.144. The first kappa shape index (κ1) is 14.1. The van der Waals surface area contributed by atoms with Crippen molar-refractivity contribution in [3.63, 3.8) is 0 Å². The number of aliphatic hydroxyl groups excluding tert-OH is 1. The third-order valence-electron chi connectivity index (χ3n) is 3.21. The number of rotatable bonds is 6. The summed E-state index contributed by atoms with van der Waals surface area (Å²) >= 11 is 0. The molecular weight excluding hydrogens is 217 g/mol. The number of halogens is 1. The maximum atomic E-state index is 13.1. The maximum absolute atomic E-state index is 13.1. The van der Waals surface area contributed by atoms with E-state index < -0.39 is 6.10 Å². The second-order valence-electron chi connectivity index (χ2n) is 4.33. The average molecular weight is 239 g/mol. The van der Waals surface area contributed by atoms with Crippen LogP contribution >= 0.6 is 0 Å². The van der Waals surface area contributed by atoms with E-state index >= 15 is 0 Å². The van der Waals surface area contributed by atoms with Gasteiger partial charge >= 0.3 is 0 Å². The molecule has 0 aromatic heterocycles. The number of hydrogen-bond donors (Lipinski definition) is 1. The van der Waals surface area contributed by atoms with E-state index in [0.29, 0.717) is 12.0 Å². The van der Waals surface area contributed by atoms with Crippen molar-refractivity contribution in [2.45, 2.75) is 33.3 Å². The summed E-state index contributed by atoms with van der Waals surface area (Å²) in [5, 5.41) is 10.1. The van der Waals surface area contributed by atoms with Gasteiger partial charge in [0.25, 0.3) is 0 Å². The predicted octanol–water partition coefficient (Wildman–Crippen LogP) is 2.90. The van der Waals surface area contributed by atoms with Crippen LogP contribution in [0.25, 0.3) is 0 Å². The fraction of sp³-hybridized carbons (Fsp3) is 0.571. The molecule has 0 saturated carbocycles. The van der Waals surface area contributed by atoms with Gasteiger partial charge in [0.2, 0.25) is 0 Å². The van der Waals surface area contributed by atoms with Crippen LogP contribution in [-0.2, 0) is 0 Å². The number of aliphatic hydroxyl groups is 1. The molecule has 1 rings (SSSR count). The van der Waals surface area contributed by atoms with E-state index in [2.05, 4.69) is 18.7 Å². The second kappa shape index (κ2) is 6.72. The SMILES string of the molecule is CCN(CC)CCC(O)c1cc(F)ccc1C. The Labute approximate surface area is 103 Å². The molecule has 0 aliphatic heterocycles. The zero-order valence-electron chi connectivity index (χ0n) is 10.9. The monoisotopic (exact) mass is 239 g/mol. The molecule has 0 fully saturated rings. The summed E-state index contributed by atoms with van der Waals surface area (Å²) in [6.45, 7) is 8.89. The topological polar surface area (TPSA) is 23.5 Å². The molecule has 96 valence electrons. The molecule has 0 aliphatic rings. The van der Waals surface area contributed by atoms with Gasteiger partial charge in [-0.25, -0.2) is 4.39 Å². The highest BCUT2D eigenvalue weighted by atomic mass is 19.1. The van der Waals surface area contributed by atoms with E-state index in [4.69, 9.17) is 0 Å². The summed E-state index contributed by atoms with van der Waals surface area (Å²) in [5.41, 5.74) is 1.65. The quantitative estimate of drug-likeness (QED) is 0.825. The average Bonchev–Trinajstić information content (AvgIpc) is 2.33. The zero-order valence-corrected chi connectivity index (χ0v) is 10.9. The summed E-state index contributed by atoms with van der Waals surface area (Å²) in [6, 6.07) is 4.57. The fourth-order valence-electron chi connectivity index (χ4n) is 1.97. The first-order chi connectivity index (χ1) is 8.08. The van der Waals surface area contributed by atoms with Gasteiger partial charge in [-0.15, -0.1) is 0 Å². The summed E-state index contributed by atoms with van der Waals surface area (Å²) in [6.07, 6.45) is 0.0673. The molecule has 0 heterocycles. The van der Waals surface area contributed by atoms with E-state index in [0.717, 1.165) is 25.2 Å². The van der Waals surface area contributed by atoms with Gasteiger partial charge in [-0.05, 0) is 49.7 Å². The van der Waals surface area contributed by atoms with E-state index in [9.17, 15) is 9.50 Å². The number of benzene rings is 1. The minimum absolute atomic E-state index is 0.285. The smallest absolute Gasteiger partial charge is 0.123 e. The first-order valence-corrected chi connectivity index (χ1v) is 6.25. The molecule has 0 bridgehead atoms. The molecule has 17 heavy (non-hydrogen) atoms. The second-order valence-corrected chi connectivity index (χ2v) is 4.33. The Bertz CT molecular complexity index is 350. The molecule has 1 aromatic rings. The minimum Gasteiger partial charge on any atom is -0.388 e. The van der Waals surface area contributed by atoms with Crippen molar-refractivity contribution in [2.24, 2.45) is 0 Å². The molecule has 2 nitrogen and oxygen atoms in total. The molecule has 1 aromatic carbocycles. The van der Waals surface area contributed by atoms with Gasteiger partial charge in [0, 0.05) is 6.54 Å². The van der Waals surface area contributed by atoms with Crippen molar-refractivity contribution >= 4 is 0 Å². The summed E-state index contributed by atoms with van der Waals surface area (Å²) in [5.74, 6) is -0.285. The molecule has 0 spiro atoms. The minimum atomic E-state index is -0.578. The predicted molar refractivity (Wildman–Crippen MR) is 68.5 cm³/mol. The largest absolute Gasteiger partial charge is 0.388 e. The van der Waals surface area contributed by atoms with Crippen LogP contribution in [0, 0.1) is 12.7 Å². The Morgan fingerprint density at radius 1 is 1.29 bits per heavy atom. The molecule has 1 unspecified atom stereocenters. The van der Waals surface area contributed by atoms with E-state index in [-0.39, 0.29) is 5.82 Å². The Morgan fingerprint density at radius 3 is 2.53 bits per heavy atom. The molecule has 0 saturated heterocycles. The summed E-state index contributed by atoms with van der Waals surface area (Å²) in [7, 11) is 0. The van der Waals surface area contributed by atoms with Crippen LogP contribution in [-0.4, -0.2) is 29.6 Å². The number of aryl methyl sites for hydroxylation is 1. The summed E-state index contributed by atoms with van der Waals surface area (Å²) < 4.78 is 13.1. The van der Waals surface area contributed by atoms with Crippen molar-refractivity contribution in [1.29, 1.82) is 0 Å².